The largest absolute Gasteiger partial charge is 0.456 e. The van der Waals surface area contributed by atoms with Gasteiger partial charge < -0.3 is 4.42 Å². The van der Waals surface area contributed by atoms with Crippen molar-refractivity contribution in [2.45, 2.75) is 0 Å². The number of fused-ring (bicyclic) bond motifs is 8. The first-order chi connectivity index (χ1) is 31.7. The average molecular weight is 617 g/mol. The van der Waals surface area contributed by atoms with Gasteiger partial charge in [0.1, 0.15) is 11.2 Å². The molecule has 1 aromatic heterocycles. The van der Waals surface area contributed by atoms with Gasteiger partial charge in [0.2, 0.25) is 0 Å². The molecule has 10 rings (SSSR count). The highest BCUT2D eigenvalue weighted by molar-refractivity contribution is 6.28. The van der Waals surface area contributed by atoms with Crippen molar-refractivity contribution in [2.75, 3.05) is 0 Å². The first kappa shape index (κ1) is 13.3. The van der Waals surface area contributed by atoms with Gasteiger partial charge in [-0.1, -0.05) is 145 Å². The molecule has 1 heterocycles. The first-order valence-electron chi connectivity index (χ1n) is 24.6. The number of furan rings is 1. The molecule has 1 heteroatoms. The summed E-state index contributed by atoms with van der Waals surface area (Å²) in [6, 6.07) is 0.309. The fourth-order valence-electron chi connectivity index (χ4n) is 6.46. The lowest BCUT2D eigenvalue weighted by molar-refractivity contribution is 0.669. The van der Waals surface area contributed by atoms with Crippen LogP contribution in [0, 0.1) is 0 Å². The second-order valence-corrected chi connectivity index (χ2v) is 10.9. The summed E-state index contributed by atoms with van der Waals surface area (Å²) in [6.07, 6.45) is 0. The Bertz CT molecular complexity index is 3900. The molecule has 0 unspecified atom stereocenters. The molecule has 0 aliphatic heterocycles. The minimum Gasteiger partial charge on any atom is -0.456 e. The molecule has 47 heavy (non-hydrogen) atoms. The van der Waals surface area contributed by atoms with Gasteiger partial charge in [0.05, 0.1) is 27.4 Å². The molecule has 10 aromatic rings. The molecule has 1 nitrogen and oxygen atoms in total. The molecule has 218 valence electrons. The minimum atomic E-state index is -0.746. The van der Waals surface area contributed by atoms with E-state index in [1.165, 1.54) is 0 Å². The van der Waals surface area contributed by atoms with Crippen molar-refractivity contribution in [1.29, 1.82) is 0 Å². The Morgan fingerprint density at radius 1 is 0.383 bits per heavy atom. The molecule has 0 fully saturated rings. The van der Waals surface area contributed by atoms with E-state index in [1.54, 1.807) is 48.5 Å². The quantitative estimate of drug-likeness (QED) is 0.142. The van der Waals surface area contributed by atoms with Crippen LogP contribution in [0.15, 0.2) is 174 Å². The SMILES string of the molecule is [2H]c1c([2H])c([2H])c(-c2c([2H])c([2H])c3oc4c([2H])c([2H])c([2H])c(-c5c6ccccc6c(-c6c([2H])c7c([2H])c([2H])c([2H])c([2H])c7c7c([2H])c([2H])c([2H])c([2H])c67)c6ccccc56)c4c3c2[2H])c([2H])c1[2H]. The Hall–Kier alpha value is -6.18. The fraction of sp³-hybridized carbons (Fsp3) is 0. The van der Waals surface area contributed by atoms with Crippen LogP contribution in [0.4, 0.5) is 0 Å². The maximum Gasteiger partial charge on any atom is 0.136 e. The van der Waals surface area contributed by atoms with Crippen LogP contribution in [-0.2, 0) is 0 Å². The lowest BCUT2D eigenvalue weighted by Crippen LogP contribution is -1.92. The molecule has 0 bridgehead atoms. The Morgan fingerprint density at radius 3 is 1.72 bits per heavy atom. The number of hydrogen-bond acceptors (Lipinski definition) is 1. The molecule has 0 aliphatic carbocycles. The van der Waals surface area contributed by atoms with Gasteiger partial charge in [-0.25, -0.2) is 0 Å². The summed E-state index contributed by atoms with van der Waals surface area (Å²) in [7, 11) is 0. The molecule has 0 saturated carbocycles. The van der Waals surface area contributed by atoms with Crippen LogP contribution in [0.25, 0.3) is 98.4 Å². The van der Waals surface area contributed by atoms with Gasteiger partial charge in [-0.3, -0.25) is 0 Å². The fourth-order valence-corrected chi connectivity index (χ4v) is 6.46. The van der Waals surface area contributed by atoms with Gasteiger partial charge in [0, 0.05) is 10.8 Å². The van der Waals surface area contributed by atoms with Gasteiger partial charge in [-0.15, -0.1) is 0 Å². The van der Waals surface area contributed by atoms with Gasteiger partial charge in [-0.05, 0) is 101 Å². The highest BCUT2D eigenvalue weighted by atomic mass is 16.3. The van der Waals surface area contributed by atoms with E-state index in [-0.39, 0.29) is 60.2 Å². The Morgan fingerprint density at radius 2 is 1.00 bits per heavy atom. The monoisotopic (exact) mass is 616 g/mol. The van der Waals surface area contributed by atoms with Crippen LogP contribution >= 0.6 is 0 Å². The van der Waals surface area contributed by atoms with E-state index >= 15 is 0 Å². The van der Waals surface area contributed by atoms with Crippen LogP contribution in [0.2, 0.25) is 0 Å². The van der Waals surface area contributed by atoms with Crippen molar-refractivity contribution < 1.29 is 31.8 Å². The average Bonchev–Trinajstić information content (AvgIpc) is 3.72. The standard InChI is InChI=1S/C46H28O/c1-2-13-29(14-3-1)30-25-26-42-41(27-30)46-39(23-12-24-43(46)47-42)44-35-19-8-10-21-37(35)45(38-22-11-9-20-36(38)44)40-28-31-15-4-5-16-32(31)33-17-6-7-18-34(33)40/h1-28H/i1D,2D,3D,4D,5D,6D,7D,12D,13D,14D,15D,16D,17D,18D,23D,24D,25D,26D,27D,28D. The molecule has 0 atom stereocenters. The van der Waals surface area contributed by atoms with E-state index in [2.05, 4.69) is 0 Å². The Labute approximate surface area is 300 Å². The van der Waals surface area contributed by atoms with Gasteiger partial charge in [0.15, 0.2) is 0 Å². The van der Waals surface area contributed by atoms with Crippen molar-refractivity contribution in [1.82, 2.24) is 0 Å². The molecular formula is C46H28O. The summed E-state index contributed by atoms with van der Waals surface area (Å²) in [5, 5.41) is -0.134. The van der Waals surface area contributed by atoms with E-state index in [0.29, 0.717) is 21.5 Å². The molecular weight excluding hydrogens is 569 g/mol. The number of hydrogen-bond donors (Lipinski definition) is 0. The summed E-state index contributed by atoms with van der Waals surface area (Å²) in [5.74, 6) is 0. The van der Waals surface area contributed by atoms with Gasteiger partial charge in [-0.2, -0.15) is 0 Å². The third-order valence-electron chi connectivity index (χ3n) is 8.38. The molecule has 0 spiro atoms. The van der Waals surface area contributed by atoms with Gasteiger partial charge in [0.25, 0.3) is 0 Å². The maximum atomic E-state index is 9.80. The minimum absolute atomic E-state index is 0.0863. The van der Waals surface area contributed by atoms with E-state index in [9.17, 15) is 5.48 Å². The third-order valence-corrected chi connectivity index (χ3v) is 8.38. The summed E-state index contributed by atoms with van der Waals surface area (Å²) >= 11 is 0. The molecule has 0 aliphatic rings. The second kappa shape index (κ2) is 10.2. The summed E-state index contributed by atoms with van der Waals surface area (Å²) in [4.78, 5) is 0. The van der Waals surface area contributed by atoms with E-state index < -0.39 is 138 Å². The van der Waals surface area contributed by atoms with Crippen LogP contribution in [0.5, 0.6) is 0 Å². The van der Waals surface area contributed by atoms with E-state index in [0.717, 1.165) is 0 Å². The Balaban J connectivity index is 1.45. The highest BCUT2D eigenvalue weighted by Gasteiger charge is 2.21. The van der Waals surface area contributed by atoms with Crippen LogP contribution in [0.3, 0.4) is 0 Å². The first-order valence-corrected chi connectivity index (χ1v) is 14.6. The summed E-state index contributed by atoms with van der Waals surface area (Å²) in [6.45, 7) is 0. The van der Waals surface area contributed by atoms with Crippen molar-refractivity contribution in [3.8, 4) is 33.4 Å². The zero-order valence-electron chi connectivity index (χ0n) is 44.0. The zero-order valence-corrected chi connectivity index (χ0v) is 24.0. The zero-order chi connectivity index (χ0) is 48.3. The van der Waals surface area contributed by atoms with Crippen LogP contribution in [0.1, 0.15) is 27.4 Å². The van der Waals surface area contributed by atoms with Crippen molar-refractivity contribution in [3.63, 3.8) is 0 Å². The summed E-state index contributed by atoms with van der Waals surface area (Å²) in [5.41, 5.74) is -1.53. The topological polar surface area (TPSA) is 13.1 Å². The molecule has 0 saturated heterocycles. The van der Waals surface area contributed by atoms with Crippen LogP contribution in [-0.4, -0.2) is 0 Å². The van der Waals surface area contributed by atoms with E-state index in [1.807, 2.05) is 0 Å². The van der Waals surface area contributed by atoms with E-state index in [4.69, 9.17) is 26.3 Å². The molecule has 0 radical (unpaired) electrons. The Kier molecular flexibility index (Phi) is 2.87. The molecule has 9 aromatic carbocycles. The van der Waals surface area contributed by atoms with Crippen LogP contribution < -0.4 is 0 Å². The molecule has 0 amide bonds. The third kappa shape index (κ3) is 3.90. The second-order valence-electron chi connectivity index (χ2n) is 10.9. The predicted molar refractivity (Wildman–Crippen MR) is 200 cm³/mol. The smallest absolute Gasteiger partial charge is 0.136 e. The summed E-state index contributed by atoms with van der Waals surface area (Å²) < 4.78 is 184. The van der Waals surface area contributed by atoms with Crippen molar-refractivity contribution >= 4 is 65.0 Å². The lowest BCUT2D eigenvalue weighted by atomic mass is 9.83. The lowest BCUT2D eigenvalue weighted by Gasteiger charge is -2.20. The number of benzene rings is 9. The molecule has 0 N–H and O–H groups in total. The van der Waals surface area contributed by atoms with Crippen molar-refractivity contribution in [2.24, 2.45) is 0 Å². The van der Waals surface area contributed by atoms with Crippen molar-refractivity contribution in [3.05, 3.63) is 169 Å². The predicted octanol–water partition coefficient (Wildman–Crippen LogP) is 13.2. The van der Waals surface area contributed by atoms with Gasteiger partial charge >= 0.3 is 0 Å². The highest BCUT2D eigenvalue weighted by Crippen LogP contribution is 2.48. The normalized spacial score (nSPS) is 17.8. The maximum absolute atomic E-state index is 9.80. The number of rotatable bonds is 3.